The number of likely N-dealkylation sites (N-methyl/N-ethyl adjacent to an activating group) is 1. The Bertz CT molecular complexity index is 1170. The molecule has 1 amide bonds. The van der Waals surface area contributed by atoms with Gasteiger partial charge in [-0.05, 0) is 26.8 Å². The number of hydrogen-bond donors (Lipinski definition) is 1. The molecule has 1 aliphatic rings. The number of amides is 1. The molecular formula is C22H21F3N4O2. The standard InChI is InChI=1S/C22H21F3N4O2/c1-4-29-17-8-15-16(9-18(17)31-10-19(29)30)27-12(3)28-22(15)26-11(2)13-6-5-7-14(20(13)23)21(24)25/h5-9,11,21H,4,10H2,1-3H3,(H,26,27,28)/t11-/m1/s1. The fourth-order valence-corrected chi connectivity index (χ4v) is 3.75. The quantitative estimate of drug-likeness (QED) is 0.622. The third-order valence-electron chi connectivity index (χ3n) is 5.26. The van der Waals surface area contributed by atoms with Crippen molar-refractivity contribution in [3.8, 4) is 5.75 Å². The van der Waals surface area contributed by atoms with Crippen LogP contribution in [0.15, 0.2) is 30.3 Å². The zero-order valence-electron chi connectivity index (χ0n) is 17.2. The molecule has 1 atom stereocenters. The van der Waals surface area contributed by atoms with Crippen LogP contribution in [0.2, 0.25) is 0 Å². The van der Waals surface area contributed by atoms with Crippen LogP contribution in [0.5, 0.6) is 5.75 Å². The number of ether oxygens (including phenoxy) is 1. The average molecular weight is 430 g/mol. The molecule has 162 valence electrons. The molecule has 0 radical (unpaired) electrons. The minimum absolute atomic E-state index is 0.0433. The van der Waals surface area contributed by atoms with Gasteiger partial charge in [0.25, 0.3) is 12.3 Å². The van der Waals surface area contributed by atoms with Gasteiger partial charge in [0.2, 0.25) is 0 Å². The number of alkyl halides is 2. The lowest BCUT2D eigenvalue weighted by Gasteiger charge is -2.29. The number of rotatable bonds is 5. The Hall–Kier alpha value is -3.36. The van der Waals surface area contributed by atoms with Crippen molar-refractivity contribution < 1.29 is 22.7 Å². The van der Waals surface area contributed by atoms with Crippen LogP contribution in [0.4, 0.5) is 24.7 Å². The van der Waals surface area contributed by atoms with Gasteiger partial charge in [-0.15, -0.1) is 0 Å². The zero-order valence-corrected chi connectivity index (χ0v) is 17.2. The van der Waals surface area contributed by atoms with Gasteiger partial charge in [-0.2, -0.15) is 0 Å². The van der Waals surface area contributed by atoms with Gasteiger partial charge in [0, 0.05) is 23.6 Å². The summed E-state index contributed by atoms with van der Waals surface area (Å²) in [4.78, 5) is 22.7. The van der Waals surface area contributed by atoms with Crippen molar-refractivity contribution in [2.75, 3.05) is 23.4 Å². The first-order valence-corrected chi connectivity index (χ1v) is 9.88. The molecule has 3 aromatic rings. The van der Waals surface area contributed by atoms with Gasteiger partial charge in [-0.3, -0.25) is 4.79 Å². The number of benzene rings is 2. The number of carbonyl (C=O) groups is 1. The van der Waals surface area contributed by atoms with E-state index >= 15 is 0 Å². The molecule has 1 aliphatic heterocycles. The molecule has 2 heterocycles. The minimum atomic E-state index is -2.90. The van der Waals surface area contributed by atoms with E-state index in [2.05, 4.69) is 15.3 Å². The van der Waals surface area contributed by atoms with E-state index in [9.17, 15) is 18.0 Å². The van der Waals surface area contributed by atoms with Crippen LogP contribution in [-0.2, 0) is 4.79 Å². The van der Waals surface area contributed by atoms with E-state index in [0.717, 1.165) is 6.07 Å². The van der Waals surface area contributed by atoms with Gasteiger partial charge in [0.05, 0.1) is 22.8 Å². The summed E-state index contributed by atoms with van der Waals surface area (Å²) in [5.41, 5.74) is 0.653. The van der Waals surface area contributed by atoms with E-state index < -0.39 is 23.8 Å². The van der Waals surface area contributed by atoms with Crippen molar-refractivity contribution in [2.45, 2.75) is 33.2 Å². The van der Waals surface area contributed by atoms with E-state index in [1.165, 1.54) is 12.1 Å². The summed E-state index contributed by atoms with van der Waals surface area (Å²) in [5, 5.41) is 3.73. The largest absolute Gasteiger partial charge is 0.481 e. The summed E-state index contributed by atoms with van der Waals surface area (Å²) < 4.78 is 46.4. The monoisotopic (exact) mass is 430 g/mol. The summed E-state index contributed by atoms with van der Waals surface area (Å²) >= 11 is 0. The zero-order chi connectivity index (χ0) is 22.3. The van der Waals surface area contributed by atoms with E-state index in [1.54, 1.807) is 30.9 Å². The van der Waals surface area contributed by atoms with Crippen molar-refractivity contribution in [2.24, 2.45) is 0 Å². The summed E-state index contributed by atoms with van der Waals surface area (Å²) in [6.07, 6.45) is -2.90. The predicted octanol–water partition coefficient (Wildman–Crippen LogP) is 4.93. The fraction of sp³-hybridized carbons (Fsp3) is 0.318. The van der Waals surface area contributed by atoms with Crippen LogP contribution in [0.25, 0.3) is 10.9 Å². The molecule has 1 aromatic heterocycles. The summed E-state index contributed by atoms with van der Waals surface area (Å²) in [6.45, 7) is 5.68. The van der Waals surface area contributed by atoms with E-state index in [-0.39, 0.29) is 18.1 Å². The lowest BCUT2D eigenvalue weighted by atomic mass is 10.0. The molecule has 2 aromatic carbocycles. The normalized spacial score (nSPS) is 14.5. The molecule has 31 heavy (non-hydrogen) atoms. The molecule has 4 rings (SSSR count). The average Bonchev–Trinajstić information content (AvgIpc) is 2.72. The molecule has 1 N–H and O–H groups in total. The highest BCUT2D eigenvalue weighted by atomic mass is 19.3. The summed E-state index contributed by atoms with van der Waals surface area (Å²) in [7, 11) is 0. The van der Waals surface area contributed by atoms with Crippen LogP contribution < -0.4 is 15.0 Å². The van der Waals surface area contributed by atoms with E-state index in [1.807, 2.05) is 6.92 Å². The summed E-state index contributed by atoms with van der Waals surface area (Å²) in [6, 6.07) is 6.78. The number of aromatic nitrogens is 2. The highest BCUT2D eigenvalue weighted by Crippen LogP contribution is 2.38. The molecule has 9 heteroatoms. The Morgan fingerprint density at radius 3 is 2.68 bits per heavy atom. The van der Waals surface area contributed by atoms with Crippen molar-refractivity contribution in [3.05, 3.63) is 53.1 Å². The smallest absolute Gasteiger partial charge is 0.266 e. The van der Waals surface area contributed by atoms with Crippen LogP contribution >= 0.6 is 0 Å². The second kappa shape index (κ2) is 8.05. The molecule has 0 bridgehead atoms. The van der Waals surface area contributed by atoms with Gasteiger partial charge in [0.15, 0.2) is 6.61 Å². The molecule has 0 fully saturated rings. The molecule has 0 unspecified atom stereocenters. The Morgan fingerprint density at radius 2 is 1.97 bits per heavy atom. The van der Waals surface area contributed by atoms with Gasteiger partial charge >= 0.3 is 0 Å². The predicted molar refractivity (Wildman–Crippen MR) is 111 cm³/mol. The Balaban J connectivity index is 1.78. The number of anilines is 2. The Morgan fingerprint density at radius 1 is 1.23 bits per heavy atom. The second-order valence-corrected chi connectivity index (χ2v) is 7.30. The first-order valence-electron chi connectivity index (χ1n) is 9.88. The number of nitrogens with zero attached hydrogens (tertiary/aromatic N) is 3. The maximum Gasteiger partial charge on any atom is 0.266 e. The van der Waals surface area contributed by atoms with Gasteiger partial charge in [-0.1, -0.05) is 18.2 Å². The highest BCUT2D eigenvalue weighted by Gasteiger charge is 2.26. The van der Waals surface area contributed by atoms with Gasteiger partial charge < -0.3 is 15.0 Å². The van der Waals surface area contributed by atoms with Crippen LogP contribution in [0, 0.1) is 12.7 Å². The van der Waals surface area contributed by atoms with Crippen LogP contribution in [0.1, 0.15) is 43.3 Å². The first-order chi connectivity index (χ1) is 14.8. The maximum absolute atomic E-state index is 14.6. The highest BCUT2D eigenvalue weighted by molar-refractivity contribution is 6.02. The number of fused-ring (bicyclic) bond motifs is 2. The lowest BCUT2D eigenvalue weighted by molar-refractivity contribution is -0.121. The number of nitrogens with one attached hydrogen (secondary N) is 1. The first kappa shape index (κ1) is 20.9. The van der Waals surface area contributed by atoms with Gasteiger partial charge in [0.1, 0.15) is 23.2 Å². The van der Waals surface area contributed by atoms with Crippen LogP contribution in [0.3, 0.4) is 0 Å². The minimum Gasteiger partial charge on any atom is -0.481 e. The molecule has 0 spiro atoms. The SMILES string of the molecule is CCN1C(=O)COc2cc3nc(C)nc(N[C@H](C)c4cccc(C(F)F)c4F)c3cc21. The molecular weight excluding hydrogens is 409 g/mol. The number of hydrogen-bond acceptors (Lipinski definition) is 5. The third-order valence-corrected chi connectivity index (χ3v) is 5.26. The van der Waals surface area contributed by atoms with Crippen molar-refractivity contribution >= 4 is 28.3 Å². The number of halogens is 3. The molecule has 0 aliphatic carbocycles. The van der Waals surface area contributed by atoms with Gasteiger partial charge in [-0.25, -0.2) is 23.1 Å². The van der Waals surface area contributed by atoms with Crippen molar-refractivity contribution in [3.63, 3.8) is 0 Å². The van der Waals surface area contributed by atoms with E-state index in [4.69, 9.17) is 4.74 Å². The Labute approximate surface area is 177 Å². The number of carbonyl (C=O) groups excluding carboxylic acids is 1. The number of aryl methyl sites for hydroxylation is 1. The van der Waals surface area contributed by atoms with Crippen molar-refractivity contribution in [1.82, 2.24) is 9.97 Å². The molecule has 0 saturated carbocycles. The second-order valence-electron chi connectivity index (χ2n) is 7.30. The summed E-state index contributed by atoms with van der Waals surface area (Å²) in [5.74, 6) is 0.330. The third kappa shape index (κ3) is 3.75. The topological polar surface area (TPSA) is 67.4 Å². The molecule has 0 saturated heterocycles. The van der Waals surface area contributed by atoms with E-state index in [0.29, 0.717) is 40.5 Å². The molecule has 6 nitrogen and oxygen atoms in total. The maximum atomic E-state index is 14.6. The Kier molecular flexibility index (Phi) is 5.43. The fourth-order valence-electron chi connectivity index (χ4n) is 3.75. The lowest BCUT2D eigenvalue weighted by Crippen LogP contribution is -2.38. The van der Waals surface area contributed by atoms with Crippen LogP contribution in [-0.4, -0.2) is 29.0 Å². The van der Waals surface area contributed by atoms with Crippen molar-refractivity contribution in [1.29, 1.82) is 0 Å².